The van der Waals surface area contributed by atoms with Gasteiger partial charge in [-0.2, -0.15) is 28.1 Å². The number of hydrogen-bond donors (Lipinski definition) is 4. The average molecular weight is 636 g/mol. The van der Waals surface area contributed by atoms with E-state index < -0.39 is 22.5 Å². The highest BCUT2D eigenvalue weighted by molar-refractivity contribution is 7.80. The van der Waals surface area contributed by atoms with Gasteiger partial charge in [0.05, 0.1) is 25.9 Å². The van der Waals surface area contributed by atoms with Gasteiger partial charge in [0.25, 0.3) is 5.69 Å². The van der Waals surface area contributed by atoms with Crippen molar-refractivity contribution in [2.45, 2.75) is 6.18 Å². The molecule has 214 valence electrons. The average Bonchev–Trinajstić information content (AvgIpc) is 3.32. The molecular formula is C24H14ClF4N9O2S2. The zero-order valence-corrected chi connectivity index (χ0v) is 22.9. The van der Waals surface area contributed by atoms with Crippen LogP contribution in [0.4, 0.5) is 57.6 Å². The highest BCUT2D eigenvalue weighted by atomic mass is 35.5. The first kappa shape index (κ1) is 28.8. The minimum absolute atomic E-state index is 0.0212. The van der Waals surface area contributed by atoms with Crippen LogP contribution in [0.25, 0.3) is 10.2 Å². The van der Waals surface area contributed by atoms with Gasteiger partial charge < -0.3 is 16.0 Å². The van der Waals surface area contributed by atoms with Crippen molar-refractivity contribution in [3.63, 3.8) is 0 Å². The Morgan fingerprint density at radius 2 is 1.62 bits per heavy atom. The fourth-order valence-electron chi connectivity index (χ4n) is 3.48. The van der Waals surface area contributed by atoms with Crippen molar-refractivity contribution in [3.8, 4) is 0 Å². The topological polar surface area (TPSA) is 143 Å². The molecule has 0 aliphatic heterocycles. The Morgan fingerprint density at radius 3 is 2.29 bits per heavy atom. The fraction of sp³-hybridized carbons (Fsp3) is 0.0417. The zero-order chi connectivity index (χ0) is 30.0. The molecule has 18 heteroatoms. The highest BCUT2D eigenvalue weighted by Gasteiger charge is 2.31. The number of nitro benzene ring substituents is 1. The molecule has 11 nitrogen and oxygen atoms in total. The highest BCUT2D eigenvalue weighted by Crippen LogP contribution is 2.35. The summed E-state index contributed by atoms with van der Waals surface area (Å²) in [6.45, 7) is 0. The second-order valence-corrected chi connectivity index (χ2v) is 10.1. The summed E-state index contributed by atoms with van der Waals surface area (Å²) in [7, 11) is 0. The molecule has 0 radical (unpaired) electrons. The molecule has 0 atom stereocenters. The number of nitrogens with one attached hydrogen (secondary N) is 4. The van der Waals surface area contributed by atoms with Crippen molar-refractivity contribution in [2.75, 3.05) is 21.3 Å². The Bertz CT molecular complexity index is 1820. The number of halogens is 5. The van der Waals surface area contributed by atoms with Crippen LogP contribution in [0.5, 0.6) is 0 Å². The maximum atomic E-state index is 13.2. The fourth-order valence-corrected chi connectivity index (χ4v) is 4.80. The monoisotopic (exact) mass is 635 g/mol. The summed E-state index contributed by atoms with van der Waals surface area (Å²) < 4.78 is 53.0. The molecule has 0 amide bonds. The Morgan fingerprint density at radius 1 is 0.929 bits per heavy atom. The van der Waals surface area contributed by atoms with Gasteiger partial charge in [-0.15, -0.1) is 0 Å². The van der Waals surface area contributed by atoms with Crippen molar-refractivity contribution in [3.05, 3.63) is 87.2 Å². The molecule has 2 aromatic heterocycles. The van der Waals surface area contributed by atoms with Crippen molar-refractivity contribution < 1.29 is 22.5 Å². The summed E-state index contributed by atoms with van der Waals surface area (Å²) in [5, 5.41) is 22.5. The summed E-state index contributed by atoms with van der Waals surface area (Å²) in [6.07, 6.45) is -4.59. The predicted molar refractivity (Wildman–Crippen MR) is 155 cm³/mol. The molecule has 4 N–H and O–H groups in total. The van der Waals surface area contributed by atoms with E-state index in [1.165, 1.54) is 36.4 Å². The molecule has 5 rings (SSSR count). The smallest absolute Gasteiger partial charge is 0.332 e. The molecular weight excluding hydrogens is 622 g/mol. The lowest BCUT2D eigenvalue weighted by Gasteiger charge is -2.13. The number of fused-ring (bicyclic) bond motifs is 1. The van der Waals surface area contributed by atoms with Gasteiger partial charge in [-0.1, -0.05) is 29.0 Å². The van der Waals surface area contributed by atoms with Crippen molar-refractivity contribution in [2.24, 2.45) is 0 Å². The number of nitrogens with zero attached hydrogens (tertiary/aromatic N) is 5. The molecule has 0 fully saturated rings. The molecule has 0 bridgehead atoms. The molecule has 5 aromatic rings. The molecule has 2 heterocycles. The number of nitro groups is 1. The van der Waals surface area contributed by atoms with Gasteiger partial charge in [-0.05, 0) is 60.7 Å². The first-order valence-corrected chi connectivity index (χ1v) is 13.1. The second kappa shape index (κ2) is 11.6. The molecule has 0 saturated carbocycles. The number of non-ortho nitro benzene ring substituents is 1. The van der Waals surface area contributed by atoms with Crippen LogP contribution in [0.1, 0.15) is 5.56 Å². The molecule has 0 spiro atoms. The van der Waals surface area contributed by atoms with Crippen molar-refractivity contribution in [1.82, 2.24) is 19.9 Å². The Labute approximate surface area is 247 Å². The lowest BCUT2D eigenvalue weighted by Crippen LogP contribution is -2.21. The SMILES string of the molecule is O=[N+]([O-])c1cccc2sc(Nc3nc(NC(=S)Nc4ccc(F)cc4)nc(Nc4ccc(C(F)(F)F)cc4Cl)n3)nc12. The van der Waals surface area contributed by atoms with Crippen molar-refractivity contribution >= 4 is 90.5 Å². The summed E-state index contributed by atoms with van der Waals surface area (Å²) in [5.41, 5.74) is -0.448. The molecule has 3 aromatic carbocycles. The van der Waals surface area contributed by atoms with E-state index in [1.54, 1.807) is 6.07 Å². The molecule has 42 heavy (non-hydrogen) atoms. The quantitative estimate of drug-likeness (QED) is 0.0611. The van der Waals surface area contributed by atoms with E-state index in [4.69, 9.17) is 23.8 Å². The van der Waals surface area contributed by atoms with Gasteiger partial charge in [0, 0.05) is 11.8 Å². The normalized spacial score (nSPS) is 11.3. The van der Waals surface area contributed by atoms with Crippen LogP contribution in [-0.4, -0.2) is 30.0 Å². The van der Waals surface area contributed by atoms with Crippen LogP contribution in [0.3, 0.4) is 0 Å². The third-order valence-corrected chi connectivity index (χ3v) is 6.77. The molecule has 0 aliphatic rings. The lowest BCUT2D eigenvalue weighted by atomic mass is 10.2. The van der Waals surface area contributed by atoms with E-state index in [0.29, 0.717) is 10.4 Å². The minimum Gasteiger partial charge on any atom is -0.332 e. The van der Waals surface area contributed by atoms with E-state index in [2.05, 4.69) is 41.2 Å². The van der Waals surface area contributed by atoms with Gasteiger partial charge >= 0.3 is 6.18 Å². The van der Waals surface area contributed by atoms with Crippen LogP contribution in [0, 0.1) is 15.9 Å². The number of aromatic nitrogens is 4. The summed E-state index contributed by atoms with van der Waals surface area (Å²) >= 11 is 12.5. The predicted octanol–water partition coefficient (Wildman–Crippen LogP) is 7.50. The van der Waals surface area contributed by atoms with E-state index in [-0.39, 0.29) is 50.0 Å². The van der Waals surface area contributed by atoms with Crippen LogP contribution in [0.2, 0.25) is 5.02 Å². The minimum atomic E-state index is -4.59. The molecule has 0 aliphatic carbocycles. The first-order valence-electron chi connectivity index (χ1n) is 11.5. The van der Waals surface area contributed by atoms with Crippen LogP contribution >= 0.6 is 35.2 Å². The van der Waals surface area contributed by atoms with Crippen LogP contribution < -0.4 is 21.3 Å². The Kier molecular flexibility index (Phi) is 7.97. The number of para-hydroxylation sites is 1. The van der Waals surface area contributed by atoms with E-state index >= 15 is 0 Å². The van der Waals surface area contributed by atoms with Crippen molar-refractivity contribution in [1.29, 1.82) is 0 Å². The maximum absolute atomic E-state index is 13.2. The summed E-state index contributed by atoms with van der Waals surface area (Å²) in [5.74, 6) is -0.784. The number of thiazole rings is 1. The largest absolute Gasteiger partial charge is 0.416 e. The maximum Gasteiger partial charge on any atom is 0.416 e. The number of alkyl halides is 3. The number of anilines is 6. The van der Waals surface area contributed by atoms with Gasteiger partial charge in [-0.3, -0.25) is 15.4 Å². The van der Waals surface area contributed by atoms with Crippen LogP contribution in [0.15, 0.2) is 60.7 Å². The zero-order valence-electron chi connectivity index (χ0n) is 20.5. The standard InChI is InChI=1S/C24H14ClF4N9O2S2/c25-14-10-11(24(27,28)29)4-9-15(14)31-19-33-20(36-22(41)30-13-7-5-12(26)6-8-13)35-21(34-19)37-23-32-18-16(38(39)40)2-1-3-17(18)42-23/h1-10H,(H4,30,31,32,33,34,35,36,37,41). The second-order valence-electron chi connectivity index (χ2n) is 8.23. The lowest BCUT2D eigenvalue weighted by molar-refractivity contribution is -0.383. The molecule has 0 unspecified atom stereocenters. The van der Waals surface area contributed by atoms with Gasteiger partial charge in [0.1, 0.15) is 5.82 Å². The molecule has 0 saturated heterocycles. The summed E-state index contributed by atoms with van der Waals surface area (Å²) in [4.78, 5) is 27.8. The van der Waals surface area contributed by atoms with E-state index in [0.717, 1.165) is 29.5 Å². The third-order valence-electron chi connectivity index (χ3n) is 5.32. The number of hydrogen-bond acceptors (Lipinski definition) is 10. The number of thiocarbonyl (C=S) groups is 1. The van der Waals surface area contributed by atoms with Crippen LogP contribution in [-0.2, 0) is 6.18 Å². The Balaban J connectivity index is 1.46. The Hall–Kier alpha value is -4.74. The van der Waals surface area contributed by atoms with Gasteiger partial charge in [0.15, 0.2) is 15.8 Å². The van der Waals surface area contributed by atoms with Gasteiger partial charge in [-0.25, -0.2) is 9.37 Å². The third kappa shape index (κ3) is 6.76. The van der Waals surface area contributed by atoms with E-state index in [9.17, 15) is 27.7 Å². The van der Waals surface area contributed by atoms with Gasteiger partial charge in [0.2, 0.25) is 17.8 Å². The first-order chi connectivity index (χ1) is 19.9. The number of rotatable bonds is 7. The summed E-state index contributed by atoms with van der Waals surface area (Å²) in [6, 6.07) is 12.6. The number of benzene rings is 3. The van der Waals surface area contributed by atoms with E-state index in [1.807, 2.05) is 0 Å².